The second-order valence-corrected chi connectivity index (χ2v) is 7.89. The summed E-state index contributed by atoms with van der Waals surface area (Å²) in [6.45, 7) is 2.73. The van der Waals surface area contributed by atoms with Gasteiger partial charge in [-0.3, -0.25) is 14.0 Å². The predicted octanol–water partition coefficient (Wildman–Crippen LogP) is 3.03. The molecule has 4 rings (SSSR count). The molecule has 0 bridgehead atoms. The van der Waals surface area contributed by atoms with E-state index in [4.69, 9.17) is 12.2 Å². The molecule has 3 heterocycles. The van der Waals surface area contributed by atoms with Crippen molar-refractivity contribution >= 4 is 33.8 Å². The van der Waals surface area contributed by atoms with Crippen LogP contribution in [0.5, 0.6) is 0 Å². The van der Waals surface area contributed by atoms with Crippen molar-refractivity contribution in [1.82, 2.24) is 19.3 Å². The van der Waals surface area contributed by atoms with E-state index in [-0.39, 0.29) is 5.56 Å². The molecule has 0 aliphatic heterocycles. The summed E-state index contributed by atoms with van der Waals surface area (Å²) in [5.74, 6) is 0.691. The Bertz CT molecular complexity index is 1010. The van der Waals surface area contributed by atoms with E-state index in [1.807, 2.05) is 13.2 Å². The maximum Gasteiger partial charge on any atom is 0.263 e. The van der Waals surface area contributed by atoms with E-state index in [0.29, 0.717) is 17.2 Å². The number of nitrogens with zero attached hydrogens (tertiary/aromatic N) is 3. The maximum absolute atomic E-state index is 13.0. The second-order valence-electron chi connectivity index (χ2n) is 6.40. The molecule has 1 aliphatic rings. The van der Waals surface area contributed by atoms with Crippen molar-refractivity contribution in [3.8, 4) is 0 Å². The smallest absolute Gasteiger partial charge is 0.263 e. The quantitative estimate of drug-likeness (QED) is 0.726. The van der Waals surface area contributed by atoms with Crippen LogP contribution in [0.1, 0.15) is 29.3 Å². The highest BCUT2D eigenvalue weighted by molar-refractivity contribution is 7.71. The summed E-state index contributed by atoms with van der Waals surface area (Å²) in [6, 6.07) is 0. The fourth-order valence-corrected chi connectivity index (χ4v) is 5.05. The van der Waals surface area contributed by atoms with E-state index in [1.54, 1.807) is 26.8 Å². The van der Waals surface area contributed by atoms with Crippen LogP contribution in [0.2, 0.25) is 0 Å². The Morgan fingerprint density at radius 2 is 2.35 bits per heavy atom. The highest BCUT2D eigenvalue weighted by Crippen LogP contribution is 2.35. The molecule has 0 radical (unpaired) electrons. The first-order chi connectivity index (χ1) is 11.0. The van der Waals surface area contributed by atoms with Gasteiger partial charge in [0.05, 0.1) is 18.1 Å². The topological polar surface area (TPSA) is 55.6 Å². The van der Waals surface area contributed by atoms with Gasteiger partial charge < -0.3 is 4.98 Å². The van der Waals surface area contributed by atoms with Gasteiger partial charge in [-0.05, 0) is 43.0 Å². The number of hydrogen-bond acceptors (Lipinski definition) is 4. The number of fused-ring (bicyclic) bond motifs is 3. The molecule has 0 saturated carbocycles. The minimum atomic E-state index is 0.0275. The summed E-state index contributed by atoms with van der Waals surface area (Å²) >= 11 is 7.12. The summed E-state index contributed by atoms with van der Waals surface area (Å²) in [5.41, 5.74) is 2.24. The molecule has 7 heteroatoms. The first-order valence-electron chi connectivity index (χ1n) is 7.78. The molecule has 0 amide bonds. The monoisotopic (exact) mass is 346 g/mol. The second kappa shape index (κ2) is 5.42. The molecule has 3 aromatic rings. The molecule has 0 unspecified atom stereocenters. The van der Waals surface area contributed by atoms with E-state index in [1.165, 1.54) is 10.4 Å². The fourth-order valence-electron chi connectivity index (χ4n) is 3.34. The van der Waals surface area contributed by atoms with Gasteiger partial charge in [-0.15, -0.1) is 11.3 Å². The zero-order chi connectivity index (χ0) is 16.1. The van der Waals surface area contributed by atoms with Gasteiger partial charge in [0.25, 0.3) is 5.56 Å². The standard InChI is InChI=1S/C16H18N4OS2/c1-9-3-4-11-12(5-9)23-14-13(11)15(21)20(16(22)18-14)8-10-6-17-19(2)7-10/h6-7,9H,3-5,8H2,1-2H3,(H,18,22)/t9-/m0/s1. The van der Waals surface area contributed by atoms with Crippen LogP contribution in [0.4, 0.5) is 0 Å². The van der Waals surface area contributed by atoms with Crippen LogP contribution in [0.15, 0.2) is 17.2 Å². The minimum Gasteiger partial charge on any atom is -0.323 e. The van der Waals surface area contributed by atoms with E-state index in [2.05, 4.69) is 17.0 Å². The molecule has 1 aliphatic carbocycles. The predicted molar refractivity (Wildman–Crippen MR) is 94.8 cm³/mol. The van der Waals surface area contributed by atoms with E-state index in [0.717, 1.165) is 35.0 Å². The van der Waals surface area contributed by atoms with Gasteiger partial charge in [-0.25, -0.2) is 0 Å². The van der Waals surface area contributed by atoms with Crippen molar-refractivity contribution in [3.63, 3.8) is 0 Å². The number of hydrogen-bond donors (Lipinski definition) is 1. The molecular weight excluding hydrogens is 328 g/mol. The largest absolute Gasteiger partial charge is 0.323 e. The van der Waals surface area contributed by atoms with Crippen LogP contribution in [-0.4, -0.2) is 19.3 Å². The number of aromatic nitrogens is 4. The number of thiophene rings is 1. The lowest BCUT2D eigenvalue weighted by atomic mass is 9.89. The summed E-state index contributed by atoms with van der Waals surface area (Å²) in [5, 5.41) is 5.00. The molecular formula is C16H18N4OS2. The molecule has 120 valence electrons. The molecule has 23 heavy (non-hydrogen) atoms. The van der Waals surface area contributed by atoms with Gasteiger partial charge in [0.1, 0.15) is 4.83 Å². The zero-order valence-corrected chi connectivity index (χ0v) is 14.8. The van der Waals surface area contributed by atoms with Gasteiger partial charge in [0, 0.05) is 23.7 Å². The Balaban J connectivity index is 1.89. The van der Waals surface area contributed by atoms with Crippen molar-refractivity contribution in [2.45, 2.75) is 32.7 Å². The molecule has 3 aromatic heterocycles. The van der Waals surface area contributed by atoms with Crippen molar-refractivity contribution in [3.05, 3.63) is 43.5 Å². The normalized spacial score (nSPS) is 17.6. The van der Waals surface area contributed by atoms with Gasteiger partial charge in [-0.1, -0.05) is 6.92 Å². The Morgan fingerprint density at radius 3 is 3.09 bits per heavy atom. The molecule has 5 nitrogen and oxygen atoms in total. The number of nitrogens with one attached hydrogen (secondary N) is 1. The fraction of sp³-hybridized carbons (Fsp3) is 0.438. The lowest BCUT2D eigenvalue weighted by Crippen LogP contribution is -2.23. The third-order valence-electron chi connectivity index (χ3n) is 4.54. The average Bonchev–Trinajstić information content (AvgIpc) is 3.06. The zero-order valence-electron chi connectivity index (χ0n) is 13.1. The van der Waals surface area contributed by atoms with Crippen molar-refractivity contribution in [1.29, 1.82) is 0 Å². The van der Waals surface area contributed by atoms with E-state index in [9.17, 15) is 4.79 Å². The maximum atomic E-state index is 13.0. The van der Waals surface area contributed by atoms with Crippen molar-refractivity contribution < 1.29 is 0 Å². The SMILES string of the molecule is C[C@H]1CCc2c(sc3[nH]c(=S)n(Cc4cnn(C)c4)c(=O)c23)C1. The van der Waals surface area contributed by atoms with E-state index < -0.39 is 0 Å². The van der Waals surface area contributed by atoms with Crippen molar-refractivity contribution in [2.75, 3.05) is 0 Å². The Morgan fingerprint density at radius 1 is 1.52 bits per heavy atom. The number of aryl methyl sites for hydroxylation is 2. The third kappa shape index (κ3) is 2.48. The Labute approximate surface area is 142 Å². The average molecular weight is 346 g/mol. The first kappa shape index (κ1) is 14.8. The molecule has 0 saturated heterocycles. The summed E-state index contributed by atoms with van der Waals surface area (Å²) < 4.78 is 3.87. The molecule has 0 fully saturated rings. The molecule has 0 spiro atoms. The number of H-pyrrole nitrogens is 1. The highest BCUT2D eigenvalue weighted by atomic mass is 32.1. The number of aromatic amines is 1. The van der Waals surface area contributed by atoms with Gasteiger partial charge in [0.2, 0.25) is 0 Å². The highest BCUT2D eigenvalue weighted by Gasteiger charge is 2.23. The molecule has 0 aromatic carbocycles. The molecule has 1 N–H and O–H groups in total. The van der Waals surface area contributed by atoms with Gasteiger partial charge in [0.15, 0.2) is 4.77 Å². The van der Waals surface area contributed by atoms with Crippen molar-refractivity contribution in [2.24, 2.45) is 13.0 Å². The van der Waals surface area contributed by atoms with Gasteiger partial charge in [-0.2, -0.15) is 5.10 Å². The number of rotatable bonds is 2. The first-order valence-corrected chi connectivity index (χ1v) is 9.00. The van der Waals surface area contributed by atoms with Crippen LogP contribution in [0, 0.1) is 10.7 Å². The van der Waals surface area contributed by atoms with Crippen LogP contribution in [0.25, 0.3) is 10.2 Å². The lowest BCUT2D eigenvalue weighted by molar-refractivity contribution is 0.509. The Hall–Kier alpha value is -1.73. The van der Waals surface area contributed by atoms with Crippen LogP contribution < -0.4 is 5.56 Å². The minimum absolute atomic E-state index is 0.0275. The summed E-state index contributed by atoms with van der Waals surface area (Å²) in [4.78, 5) is 18.6. The van der Waals surface area contributed by atoms with Crippen LogP contribution in [-0.2, 0) is 26.4 Å². The third-order valence-corrected chi connectivity index (χ3v) is 6.03. The summed E-state index contributed by atoms with van der Waals surface area (Å²) in [7, 11) is 1.87. The Kier molecular flexibility index (Phi) is 3.50. The van der Waals surface area contributed by atoms with Crippen LogP contribution in [0.3, 0.4) is 0 Å². The lowest BCUT2D eigenvalue weighted by Gasteiger charge is -2.17. The van der Waals surface area contributed by atoms with Gasteiger partial charge >= 0.3 is 0 Å². The molecule has 1 atom stereocenters. The van der Waals surface area contributed by atoms with Crippen LogP contribution >= 0.6 is 23.6 Å². The summed E-state index contributed by atoms with van der Waals surface area (Å²) in [6.07, 6.45) is 6.89. The van der Waals surface area contributed by atoms with E-state index >= 15 is 0 Å².